The van der Waals surface area contributed by atoms with E-state index in [0.29, 0.717) is 19.4 Å². The number of methoxy groups -OCH3 is 3. The third kappa shape index (κ3) is 21.3. The summed E-state index contributed by atoms with van der Waals surface area (Å²) in [5, 5.41) is 9.16. The first-order chi connectivity index (χ1) is 34.1. The molecule has 21 heteroatoms. The van der Waals surface area contributed by atoms with Crippen LogP contribution in [0.15, 0.2) is 24.3 Å². The number of carbonyl (C=O) groups excluding carboxylic acids is 2. The number of esters is 2. The first-order valence-corrected chi connectivity index (χ1v) is 32.0. The van der Waals surface area contributed by atoms with Crippen molar-refractivity contribution in [3.8, 4) is 5.75 Å². The number of halogens is 6. The monoisotopic (exact) mass is 1120 g/mol. The van der Waals surface area contributed by atoms with Crippen molar-refractivity contribution in [2.75, 3.05) is 47.8 Å². The molecule has 0 bridgehead atoms. The standard InChI is InChI=1S/C31H51F3O7Si.C23H43F3O6Si/c1-29(2,3)28(35)39-18-17-24-23(20-38-19-21-11-13-22(36-7)14-12-21)27(37-8)25(40-24)15-16-26(31(32,33)34)41-42(9,10)30(4,5)6;1-21(2,3)20(28)30-13-12-16-15(14-27)19(29-7)17(31-16)10-11-18(23(24,25)26)32-33(8,9)22(4,5)6/h11-14,23-27H,15-20H2,1-10H3;15-19,27H,10-14H2,1-9H3/t23-,24-,25+,26?,27+;15-,16-,17+,18?,19+/m00/s1. The van der Waals surface area contributed by atoms with Crippen LogP contribution in [0.1, 0.15) is 127 Å². The fraction of sp³-hybridized carbons (Fsp3) is 0.852. The highest BCUT2D eigenvalue weighted by Crippen LogP contribution is 2.44. The minimum absolute atomic E-state index is 0.0755. The number of hydrogen-bond acceptors (Lipinski definition) is 13. The van der Waals surface area contributed by atoms with Gasteiger partial charge in [-0.1, -0.05) is 53.7 Å². The summed E-state index contributed by atoms with van der Waals surface area (Å²) < 4.78 is 141. The number of ether oxygens (including phenoxy) is 8. The number of aliphatic hydroxyl groups excluding tert-OH is 1. The number of aliphatic hydroxyl groups is 1. The van der Waals surface area contributed by atoms with E-state index in [9.17, 15) is 41.0 Å². The van der Waals surface area contributed by atoms with Crippen molar-refractivity contribution in [2.24, 2.45) is 22.7 Å². The Morgan fingerprint density at radius 1 is 0.587 bits per heavy atom. The van der Waals surface area contributed by atoms with Gasteiger partial charge in [0.2, 0.25) is 0 Å². The first kappa shape index (κ1) is 68.8. The van der Waals surface area contributed by atoms with Gasteiger partial charge in [0.15, 0.2) is 16.6 Å². The van der Waals surface area contributed by atoms with E-state index in [1.807, 2.05) is 78.9 Å². The van der Waals surface area contributed by atoms with Crippen molar-refractivity contribution < 1.29 is 87.8 Å². The second kappa shape index (κ2) is 28.2. The highest BCUT2D eigenvalue weighted by molar-refractivity contribution is 6.74. The number of hydrogen-bond donors (Lipinski definition) is 1. The maximum absolute atomic E-state index is 14.1. The van der Waals surface area contributed by atoms with Crippen LogP contribution in [0.5, 0.6) is 5.75 Å². The van der Waals surface area contributed by atoms with Crippen molar-refractivity contribution in [2.45, 2.75) is 226 Å². The molecule has 13 nitrogen and oxygen atoms in total. The van der Waals surface area contributed by atoms with E-state index in [2.05, 4.69) is 0 Å². The van der Waals surface area contributed by atoms with Crippen molar-refractivity contribution in [3.63, 3.8) is 0 Å². The lowest BCUT2D eigenvalue weighted by atomic mass is 9.93. The van der Waals surface area contributed by atoms with Gasteiger partial charge in [-0.3, -0.25) is 9.59 Å². The van der Waals surface area contributed by atoms with E-state index < -0.39 is 94.6 Å². The van der Waals surface area contributed by atoms with Crippen LogP contribution in [-0.4, -0.2) is 143 Å². The Bertz CT molecular complexity index is 1860. The zero-order valence-electron chi connectivity index (χ0n) is 48.5. The maximum atomic E-state index is 14.1. The van der Waals surface area contributed by atoms with Crippen LogP contribution in [-0.2, 0) is 58.2 Å². The molecule has 0 saturated carbocycles. The predicted octanol–water partition coefficient (Wildman–Crippen LogP) is 12.4. The topological polar surface area (TPSA) is 147 Å². The molecule has 2 saturated heterocycles. The molecule has 2 heterocycles. The van der Waals surface area contributed by atoms with E-state index in [-0.39, 0.29) is 80.0 Å². The Balaban J connectivity index is 0.000000529. The average molecular weight is 1120 g/mol. The zero-order valence-corrected chi connectivity index (χ0v) is 50.5. The van der Waals surface area contributed by atoms with Crippen molar-refractivity contribution in [3.05, 3.63) is 29.8 Å². The summed E-state index contributed by atoms with van der Waals surface area (Å²) in [6.07, 6.45) is -15.6. The van der Waals surface area contributed by atoms with E-state index in [4.69, 9.17) is 46.7 Å². The minimum Gasteiger partial charge on any atom is -0.497 e. The third-order valence-electron chi connectivity index (χ3n) is 14.9. The van der Waals surface area contributed by atoms with Gasteiger partial charge in [0.1, 0.15) is 18.0 Å². The molecule has 0 spiro atoms. The molecule has 1 aromatic carbocycles. The summed E-state index contributed by atoms with van der Waals surface area (Å²) in [6, 6.07) is 7.51. The molecule has 438 valence electrons. The summed E-state index contributed by atoms with van der Waals surface area (Å²) in [7, 11) is -0.722. The molecule has 2 unspecified atom stereocenters. The Kier molecular flexibility index (Phi) is 25.8. The van der Waals surface area contributed by atoms with Crippen LogP contribution < -0.4 is 4.74 Å². The van der Waals surface area contributed by atoms with Crippen LogP contribution in [0.25, 0.3) is 0 Å². The zero-order chi connectivity index (χ0) is 57.8. The van der Waals surface area contributed by atoms with E-state index >= 15 is 0 Å². The molecular weight excluding hydrogens is 1030 g/mol. The Labute approximate surface area is 446 Å². The van der Waals surface area contributed by atoms with Crippen molar-refractivity contribution in [1.82, 2.24) is 0 Å². The molecule has 1 aromatic rings. The predicted molar refractivity (Wildman–Crippen MR) is 280 cm³/mol. The van der Waals surface area contributed by atoms with Crippen molar-refractivity contribution >= 4 is 28.6 Å². The molecule has 2 aliphatic heterocycles. The number of carbonyl (C=O) groups is 2. The van der Waals surface area contributed by atoms with Gasteiger partial charge in [0.05, 0.1) is 87.6 Å². The highest BCUT2D eigenvalue weighted by atomic mass is 28.4. The molecule has 1 N–H and O–H groups in total. The van der Waals surface area contributed by atoms with Gasteiger partial charge in [0, 0.05) is 38.9 Å². The smallest absolute Gasteiger partial charge is 0.413 e. The summed E-state index contributed by atoms with van der Waals surface area (Å²) in [5.41, 5.74) is -0.334. The van der Waals surface area contributed by atoms with Crippen LogP contribution in [0.4, 0.5) is 26.3 Å². The molecular formula is C54H94F6O13Si2. The minimum atomic E-state index is -4.50. The summed E-state index contributed by atoms with van der Waals surface area (Å²) in [6.45, 7) is 29.8. The third-order valence-corrected chi connectivity index (χ3v) is 23.8. The fourth-order valence-electron chi connectivity index (χ4n) is 8.16. The molecule has 2 aliphatic rings. The lowest BCUT2D eigenvalue weighted by Crippen LogP contribution is -2.48. The summed E-state index contributed by atoms with van der Waals surface area (Å²) >= 11 is 0. The number of benzene rings is 1. The van der Waals surface area contributed by atoms with Crippen molar-refractivity contribution in [1.29, 1.82) is 0 Å². The van der Waals surface area contributed by atoms with Gasteiger partial charge in [-0.15, -0.1) is 0 Å². The number of rotatable bonds is 24. The largest absolute Gasteiger partial charge is 0.497 e. The highest BCUT2D eigenvalue weighted by Gasteiger charge is 2.52. The van der Waals surface area contributed by atoms with E-state index in [1.165, 1.54) is 14.2 Å². The maximum Gasteiger partial charge on any atom is 0.413 e. The lowest BCUT2D eigenvalue weighted by molar-refractivity contribution is -0.202. The molecule has 3 rings (SSSR count). The van der Waals surface area contributed by atoms with Gasteiger partial charge in [-0.25, -0.2) is 0 Å². The normalized spacial score (nSPS) is 24.1. The van der Waals surface area contributed by atoms with E-state index in [0.717, 1.165) is 11.3 Å². The SMILES string of the molecule is CO[C@@H]1[C@@H](CO)[C@H](CCOC(=O)C(C)(C)C)O[C@@H]1CCC(O[Si](C)(C)C(C)(C)C)C(F)(F)F.COc1ccc(COC[C@@H]2[C@@H](OC)[C@@H](CCC(O[Si](C)(C)C(C)(C)C)C(F)(F)F)O[C@H]2CCOC(=O)C(C)(C)C)cc1. The van der Waals surface area contributed by atoms with Crippen LogP contribution in [0.2, 0.25) is 36.3 Å². The Hall–Kier alpha value is -2.35. The second-order valence-electron chi connectivity index (χ2n) is 25.0. The first-order valence-electron chi connectivity index (χ1n) is 26.2. The molecule has 2 fully saturated rings. The average Bonchev–Trinajstić information content (AvgIpc) is 3.79. The van der Waals surface area contributed by atoms with Gasteiger partial charge in [0.25, 0.3) is 0 Å². The lowest BCUT2D eigenvalue weighted by Gasteiger charge is -2.40. The Morgan fingerprint density at radius 3 is 1.28 bits per heavy atom. The molecule has 0 radical (unpaired) electrons. The van der Waals surface area contributed by atoms with Gasteiger partial charge in [-0.2, -0.15) is 26.3 Å². The molecule has 0 aliphatic carbocycles. The summed E-state index contributed by atoms with van der Waals surface area (Å²) in [4.78, 5) is 24.3. The fourth-order valence-corrected chi connectivity index (χ4v) is 10.8. The van der Waals surface area contributed by atoms with Crippen LogP contribution >= 0.6 is 0 Å². The van der Waals surface area contributed by atoms with Gasteiger partial charge < -0.3 is 51.9 Å². The molecule has 0 amide bonds. The van der Waals surface area contributed by atoms with Gasteiger partial charge in [-0.05, 0) is 121 Å². The molecule has 75 heavy (non-hydrogen) atoms. The van der Waals surface area contributed by atoms with Crippen LogP contribution in [0, 0.1) is 22.7 Å². The quantitative estimate of drug-likeness (QED) is 0.0596. The Morgan fingerprint density at radius 2 is 0.960 bits per heavy atom. The van der Waals surface area contributed by atoms with E-state index in [1.54, 1.807) is 61.7 Å². The van der Waals surface area contributed by atoms with Gasteiger partial charge >= 0.3 is 24.3 Å². The number of alkyl halides is 6. The molecule has 0 aromatic heterocycles. The summed E-state index contributed by atoms with van der Waals surface area (Å²) in [5.74, 6) is -0.624. The van der Waals surface area contributed by atoms with Crippen LogP contribution in [0.3, 0.4) is 0 Å². The second-order valence-corrected chi connectivity index (χ2v) is 34.5. The molecule has 10 atom stereocenters.